The zero-order valence-electron chi connectivity index (χ0n) is 20.9. The summed E-state index contributed by atoms with van der Waals surface area (Å²) in [5.74, 6) is -8.13. The fourth-order valence-electron chi connectivity index (χ4n) is 3.21. The van der Waals surface area contributed by atoms with E-state index in [2.05, 4.69) is 27.1 Å². The number of carbonyl (C=O) groups is 1. The summed E-state index contributed by atoms with van der Waals surface area (Å²) in [6.45, 7) is 0.366. The van der Waals surface area contributed by atoms with E-state index in [-0.39, 0.29) is 48.0 Å². The summed E-state index contributed by atoms with van der Waals surface area (Å²) in [4.78, 5) is 17.4. The van der Waals surface area contributed by atoms with Gasteiger partial charge in [-0.3, -0.25) is 4.79 Å². The normalized spacial score (nSPS) is 10.7. The van der Waals surface area contributed by atoms with Crippen molar-refractivity contribution in [2.24, 2.45) is 11.5 Å². The van der Waals surface area contributed by atoms with Crippen LogP contribution in [0, 0.1) is 70.7 Å². The number of anilines is 1. The number of nitrogens with zero attached hydrogens (tertiary/aromatic N) is 2. The Hall–Kier alpha value is -3.95. The molecule has 1 atom stereocenters. The van der Waals surface area contributed by atoms with Crippen LogP contribution in [0.2, 0.25) is 0 Å². The number of hydrogen-bond acceptors (Lipinski definition) is 5. The van der Waals surface area contributed by atoms with Crippen LogP contribution in [0.3, 0.4) is 0 Å². The van der Waals surface area contributed by atoms with Gasteiger partial charge in [0.2, 0.25) is 5.91 Å². The average molecular weight is 640 g/mol. The summed E-state index contributed by atoms with van der Waals surface area (Å²) >= 11 is 0. The molecule has 0 aliphatic rings. The van der Waals surface area contributed by atoms with Crippen LogP contribution >= 0.6 is 24.8 Å². The van der Waals surface area contributed by atoms with Crippen LogP contribution in [0.5, 0.6) is 0 Å². The number of carbonyl (C=O) groups excluding carboxylic acids is 1. The SMILES string of the molecule is Cl.Cl.NCCCCC(N)C(=O)Nc1cccc(C#Cc2c(F)c(F)nc(F)c2F)c1C#Cc1c(F)c(F)nc(F)c1F. The summed E-state index contributed by atoms with van der Waals surface area (Å²) in [5, 5.41) is 2.41. The largest absolute Gasteiger partial charge is 0.330 e. The fraction of sp³-hybridized carbons (Fsp3) is 0.192. The number of benzene rings is 1. The van der Waals surface area contributed by atoms with Crippen molar-refractivity contribution in [3.63, 3.8) is 0 Å². The molecule has 3 rings (SSSR count). The van der Waals surface area contributed by atoms with Crippen LogP contribution in [0.25, 0.3) is 0 Å². The topological polar surface area (TPSA) is 107 Å². The number of hydrogen-bond donors (Lipinski definition) is 3. The first-order valence-corrected chi connectivity index (χ1v) is 11.3. The van der Waals surface area contributed by atoms with Crippen LogP contribution in [0.15, 0.2) is 18.2 Å². The van der Waals surface area contributed by atoms with E-state index in [0.717, 1.165) is 6.07 Å². The maximum Gasteiger partial charge on any atom is 0.253 e. The highest BCUT2D eigenvalue weighted by Gasteiger charge is 2.21. The molecule has 1 aromatic carbocycles. The third-order valence-electron chi connectivity index (χ3n) is 5.26. The van der Waals surface area contributed by atoms with Crippen LogP contribution in [-0.2, 0) is 4.79 Å². The Bertz CT molecular complexity index is 1550. The Kier molecular flexibility index (Phi) is 13.6. The minimum atomic E-state index is -1.99. The number of aromatic nitrogens is 2. The highest BCUT2D eigenvalue weighted by atomic mass is 35.5. The molecule has 0 saturated heterocycles. The molecule has 224 valence electrons. The number of rotatable bonds is 6. The molecular weight excluding hydrogens is 621 g/mol. The molecule has 0 bridgehead atoms. The number of halogens is 10. The number of nitrogens with two attached hydrogens (primary N) is 2. The van der Waals surface area contributed by atoms with Crippen LogP contribution in [0.4, 0.5) is 40.8 Å². The van der Waals surface area contributed by atoms with E-state index >= 15 is 0 Å². The molecule has 6 nitrogen and oxygen atoms in total. The lowest BCUT2D eigenvalue weighted by Gasteiger charge is -2.14. The van der Waals surface area contributed by atoms with Gasteiger partial charge in [0.25, 0.3) is 23.8 Å². The fourth-order valence-corrected chi connectivity index (χ4v) is 3.21. The van der Waals surface area contributed by atoms with Gasteiger partial charge in [-0.05, 0) is 31.5 Å². The summed E-state index contributed by atoms with van der Waals surface area (Å²) in [6, 6.07) is 2.65. The van der Waals surface area contributed by atoms with Gasteiger partial charge in [-0.15, -0.1) is 24.8 Å². The Morgan fingerprint density at radius 3 is 1.67 bits per heavy atom. The first kappa shape index (κ1) is 36.1. The van der Waals surface area contributed by atoms with E-state index in [1.165, 1.54) is 12.1 Å². The Morgan fingerprint density at radius 1 is 0.738 bits per heavy atom. The van der Waals surface area contributed by atoms with Crippen molar-refractivity contribution in [1.29, 1.82) is 0 Å². The number of pyridine rings is 2. The van der Waals surface area contributed by atoms with Gasteiger partial charge >= 0.3 is 0 Å². The number of amides is 1. The maximum absolute atomic E-state index is 14.1. The zero-order valence-corrected chi connectivity index (χ0v) is 22.6. The first-order valence-electron chi connectivity index (χ1n) is 11.3. The summed E-state index contributed by atoms with van der Waals surface area (Å²) in [5.41, 5.74) is 7.76. The lowest BCUT2D eigenvalue weighted by Crippen LogP contribution is -2.35. The monoisotopic (exact) mass is 639 g/mol. The Labute approximate surface area is 246 Å². The molecule has 3 aromatic rings. The molecule has 0 aliphatic carbocycles. The van der Waals surface area contributed by atoms with Crippen LogP contribution in [0.1, 0.15) is 41.5 Å². The van der Waals surface area contributed by atoms with E-state index in [9.17, 15) is 39.9 Å². The molecular formula is C26H19Cl2F8N5O. The van der Waals surface area contributed by atoms with Gasteiger partial charge in [0.05, 0.1) is 17.3 Å². The molecule has 5 N–H and O–H groups in total. The van der Waals surface area contributed by atoms with Gasteiger partial charge in [0, 0.05) is 5.56 Å². The Morgan fingerprint density at radius 2 is 1.19 bits per heavy atom. The highest BCUT2D eigenvalue weighted by molar-refractivity contribution is 5.96. The number of nitrogens with one attached hydrogen (secondary N) is 1. The minimum absolute atomic E-state index is 0. The molecule has 2 heterocycles. The first-order chi connectivity index (χ1) is 19.0. The molecule has 0 radical (unpaired) electrons. The maximum atomic E-state index is 14.1. The molecule has 0 fully saturated rings. The second kappa shape index (κ2) is 15.9. The quantitative estimate of drug-likeness (QED) is 0.158. The summed E-state index contributed by atoms with van der Waals surface area (Å²) < 4.78 is 110. The predicted molar refractivity (Wildman–Crippen MR) is 141 cm³/mol. The molecule has 0 aliphatic heterocycles. The van der Waals surface area contributed by atoms with E-state index in [4.69, 9.17) is 11.5 Å². The third kappa shape index (κ3) is 8.30. The van der Waals surface area contributed by atoms with Crippen molar-refractivity contribution in [3.05, 3.63) is 87.5 Å². The molecule has 0 saturated carbocycles. The van der Waals surface area contributed by atoms with Gasteiger partial charge in [0.15, 0.2) is 23.3 Å². The smallest absolute Gasteiger partial charge is 0.253 e. The third-order valence-corrected chi connectivity index (χ3v) is 5.26. The standard InChI is InChI=1S/C26H17F8N5O.2ClH/c27-18-14(19(28)23(32)38-22(18)31)8-7-12-4-3-6-17(37-26(40)16(36)5-1-2-11-35)13(12)9-10-15-20(29)24(33)39-25(34)21(15)30;;/h3-4,6,16H,1-2,5,11,35-36H2,(H,37,40);2*1H. The zero-order chi connectivity index (χ0) is 29.6. The van der Waals surface area contributed by atoms with Crippen molar-refractivity contribution in [2.45, 2.75) is 25.3 Å². The van der Waals surface area contributed by atoms with Gasteiger partial charge in [-0.25, -0.2) is 17.6 Å². The van der Waals surface area contributed by atoms with E-state index in [1.807, 2.05) is 11.8 Å². The second-order valence-corrected chi connectivity index (χ2v) is 8.00. The van der Waals surface area contributed by atoms with Crippen LogP contribution in [-0.4, -0.2) is 28.5 Å². The van der Waals surface area contributed by atoms with Gasteiger partial charge in [-0.1, -0.05) is 36.2 Å². The van der Waals surface area contributed by atoms with Gasteiger partial charge < -0.3 is 16.8 Å². The second-order valence-electron chi connectivity index (χ2n) is 8.00. The van der Waals surface area contributed by atoms with Gasteiger partial charge in [-0.2, -0.15) is 27.5 Å². The molecule has 1 unspecified atom stereocenters. The molecule has 42 heavy (non-hydrogen) atoms. The molecule has 0 spiro atoms. The van der Waals surface area contributed by atoms with Crippen molar-refractivity contribution < 1.29 is 39.9 Å². The lowest BCUT2D eigenvalue weighted by molar-refractivity contribution is -0.117. The summed E-state index contributed by atoms with van der Waals surface area (Å²) in [6.07, 6.45) is 1.33. The van der Waals surface area contributed by atoms with E-state index in [0.29, 0.717) is 19.4 Å². The van der Waals surface area contributed by atoms with E-state index < -0.39 is 70.1 Å². The molecule has 2 aromatic heterocycles. The molecule has 1 amide bonds. The highest BCUT2D eigenvalue weighted by Crippen LogP contribution is 2.22. The van der Waals surface area contributed by atoms with Crippen molar-refractivity contribution in [1.82, 2.24) is 9.97 Å². The van der Waals surface area contributed by atoms with E-state index in [1.54, 1.807) is 0 Å². The van der Waals surface area contributed by atoms with Crippen LogP contribution < -0.4 is 16.8 Å². The van der Waals surface area contributed by atoms with Crippen molar-refractivity contribution >= 4 is 36.4 Å². The minimum Gasteiger partial charge on any atom is -0.330 e. The predicted octanol–water partition coefficient (Wildman–Crippen LogP) is 4.63. The summed E-state index contributed by atoms with van der Waals surface area (Å²) in [7, 11) is 0. The van der Waals surface area contributed by atoms with Crippen molar-refractivity contribution in [2.75, 3.05) is 11.9 Å². The lowest BCUT2D eigenvalue weighted by atomic mass is 10.0. The van der Waals surface area contributed by atoms with Crippen molar-refractivity contribution in [3.8, 4) is 23.7 Å². The number of unbranched alkanes of at least 4 members (excludes halogenated alkanes) is 1. The Balaban J connectivity index is 0.00000441. The molecule has 16 heteroatoms. The van der Waals surface area contributed by atoms with Gasteiger partial charge in [0.1, 0.15) is 11.1 Å². The average Bonchev–Trinajstić information content (AvgIpc) is 2.91.